The van der Waals surface area contributed by atoms with Crippen LogP contribution in [0.3, 0.4) is 0 Å². The molecule has 1 aliphatic rings. The van der Waals surface area contributed by atoms with Crippen molar-refractivity contribution in [2.24, 2.45) is 0 Å². The normalized spacial score (nSPS) is 15.9. The molecule has 1 heterocycles. The van der Waals surface area contributed by atoms with Crippen molar-refractivity contribution >= 4 is 21.6 Å². The maximum absolute atomic E-state index is 14.4. The van der Waals surface area contributed by atoms with Gasteiger partial charge in [-0.1, -0.05) is 0 Å². The molecule has 6 nitrogen and oxygen atoms in total. The van der Waals surface area contributed by atoms with Gasteiger partial charge in [0, 0.05) is 25.2 Å². The summed E-state index contributed by atoms with van der Waals surface area (Å²) in [5, 5.41) is 12.0. The van der Waals surface area contributed by atoms with Crippen molar-refractivity contribution in [2.45, 2.75) is 13.0 Å². The van der Waals surface area contributed by atoms with Crippen LogP contribution in [0.4, 0.5) is 24.5 Å². The maximum Gasteiger partial charge on any atom is 0.309 e. The summed E-state index contributed by atoms with van der Waals surface area (Å²) in [5.74, 6) is -3.83. The predicted molar refractivity (Wildman–Crippen MR) is 97.5 cm³/mol. The van der Waals surface area contributed by atoms with Gasteiger partial charge in [0.15, 0.2) is 11.6 Å². The summed E-state index contributed by atoms with van der Waals surface area (Å²) in [5.41, 5.74) is -0.159. The molecule has 28 heavy (non-hydrogen) atoms. The zero-order valence-electron chi connectivity index (χ0n) is 14.9. The van der Waals surface area contributed by atoms with Gasteiger partial charge in [0.05, 0.1) is 17.3 Å². The molecule has 0 radical (unpaired) electrons. The quantitative estimate of drug-likeness (QED) is 0.769. The third-order valence-corrected chi connectivity index (χ3v) is 6.16. The van der Waals surface area contributed by atoms with Gasteiger partial charge in [-0.05, 0) is 43.8 Å². The lowest BCUT2D eigenvalue weighted by Crippen LogP contribution is -2.46. The second-order valence-electron chi connectivity index (χ2n) is 6.24. The molecule has 0 saturated heterocycles. The summed E-state index contributed by atoms with van der Waals surface area (Å²) < 4.78 is 70.2. The molecule has 3 rings (SSSR count). The third-order valence-electron chi connectivity index (χ3n) is 4.35. The van der Waals surface area contributed by atoms with E-state index in [4.69, 9.17) is 5.26 Å². The van der Waals surface area contributed by atoms with Crippen molar-refractivity contribution in [1.29, 1.82) is 5.26 Å². The van der Waals surface area contributed by atoms with Crippen LogP contribution in [0.25, 0.3) is 0 Å². The summed E-state index contributed by atoms with van der Waals surface area (Å²) >= 11 is 0. The number of hydrogen-bond donors (Lipinski definition) is 1. The minimum Gasteiger partial charge on any atom is -0.320 e. The van der Waals surface area contributed by atoms with Crippen LogP contribution in [0.1, 0.15) is 17.5 Å². The molecule has 0 unspecified atom stereocenters. The van der Waals surface area contributed by atoms with Gasteiger partial charge in [-0.15, -0.1) is 0 Å². The van der Waals surface area contributed by atoms with Crippen molar-refractivity contribution in [3.8, 4) is 6.07 Å². The first-order chi connectivity index (χ1) is 13.3. The van der Waals surface area contributed by atoms with E-state index in [2.05, 4.69) is 5.32 Å². The third kappa shape index (κ3) is 3.56. The highest BCUT2D eigenvalue weighted by Crippen LogP contribution is 2.41. The number of nitriles is 1. The van der Waals surface area contributed by atoms with E-state index in [0.29, 0.717) is 35.0 Å². The molecule has 0 fully saturated rings. The predicted octanol–water partition coefficient (Wildman–Crippen LogP) is 2.78. The Bertz CT molecular complexity index is 1030. The molecule has 0 bridgehead atoms. The highest BCUT2D eigenvalue weighted by atomic mass is 32.2. The summed E-state index contributed by atoms with van der Waals surface area (Å²) in [7, 11) is -2.62. The molecule has 0 spiro atoms. The lowest BCUT2D eigenvalue weighted by atomic mass is 10.1. The van der Waals surface area contributed by atoms with E-state index in [-0.39, 0.29) is 24.3 Å². The first-order valence-corrected chi connectivity index (χ1v) is 9.82. The van der Waals surface area contributed by atoms with Crippen LogP contribution < -0.4 is 9.62 Å². The Kier molecular flexibility index (Phi) is 5.60. The van der Waals surface area contributed by atoms with Crippen LogP contribution >= 0.6 is 0 Å². The Morgan fingerprint density at radius 2 is 1.86 bits per heavy atom. The molecule has 1 aliphatic heterocycles. The van der Waals surface area contributed by atoms with Crippen molar-refractivity contribution in [3.63, 3.8) is 0 Å². The average Bonchev–Trinajstić information content (AvgIpc) is 2.63. The molecule has 1 N–H and O–H groups in total. The van der Waals surface area contributed by atoms with Gasteiger partial charge in [-0.3, -0.25) is 0 Å². The van der Waals surface area contributed by atoms with E-state index in [1.807, 2.05) is 6.07 Å². The van der Waals surface area contributed by atoms with Gasteiger partial charge in [-0.25, -0.2) is 17.5 Å². The highest BCUT2D eigenvalue weighted by molar-refractivity contribution is 7.90. The number of nitrogens with zero attached hydrogens (tertiary/aromatic N) is 3. The van der Waals surface area contributed by atoms with Gasteiger partial charge in [0.1, 0.15) is 11.5 Å². The fraction of sp³-hybridized carbons (Fsp3) is 0.278. The molecule has 2 aromatic carbocycles. The zero-order valence-corrected chi connectivity index (χ0v) is 15.7. The Morgan fingerprint density at radius 3 is 2.46 bits per heavy atom. The number of benzene rings is 2. The van der Waals surface area contributed by atoms with Gasteiger partial charge in [0.2, 0.25) is 0 Å². The average molecular weight is 410 g/mol. The minimum absolute atomic E-state index is 0.0216. The number of nitrogens with one attached hydrogen (secondary N) is 1. The van der Waals surface area contributed by atoms with E-state index in [9.17, 15) is 21.6 Å². The lowest BCUT2D eigenvalue weighted by molar-refractivity contribution is 0.391. The molecule has 0 aliphatic carbocycles. The number of fused-ring (bicyclic) bond motifs is 1. The standard InChI is InChI=1S/C18H17F3N4O2S/c1-23-5-2-6-24-11-13-7-12(10-22)3-4-17(13)25(28(24,26)27)18-15(20)8-14(19)9-16(18)21/h3-4,7-9,23H,2,5-6,11H2,1H3. The van der Waals surface area contributed by atoms with Crippen molar-refractivity contribution < 1.29 is 21.6 Å². The van der Waals surface area contributed by atoms with Gasteiger partial charge in [0.25, 0.3) is 0 Å². The highest BCUT2D eigenvalue weighted by Gasteiger charge is 2.40. The number of hydrogen-bond acceptors (Lipinski definition) is 4. The summed E-state index contributed by atoms with van der Waals surface area (Å²) in [6.07, 6.45) is 0.464. The number of halogens is 3. The zero-order chi connectivity index (χ0) is 20.5. The van der Waals surface area contributed by atoms with Crippen LogP contribution in [0.15, 0.2) is 30.3 Å². The summed E-state index contributed by atoms with van der Waals surface area (Å²) in [6, 6.07) is 6.96. The van der Waals surface area contributed by atoms with Crippen LogP contribution in [0.2, 0.25) is 0 Å². The van der Waals surface area contributed by atoms with E-state index in [1.165, 1.54) is 18.2 Å². The SMILES string of the molecule is CNCCCN1Cc2cc(C#N)ccc2N(c2c(F)cc(F)cc2F)S1(=O)=O. The Labute approximate surface area is 161 Å². The van der Waals surface area contributed by atoms with Crippen molar-refractivity contribution in [1.82, 2.24) is 9.62 Å². The molecule has 10 heteroatoms. The molecule has 0 saturated carbocycles. The molecular formula is C18H17F3N4O2S. The molecule has 2 aromatic rings. The van der Waals surface area contributed by atoms with Crippen LogP contribution in [0.5, 0.6) is 0 Å². The molecular weight excluding hydrogens is 393 g/mol. The second-order valence-corrected chi connectivity index (χ2v) is 8.01. The van der Waals surface area contributed by atoms with Gasteiger partial charge < -0.3 is 5.32 Å². The van der Waals surface area contributed by atoms with Crippen molar-refractivity contribution in [3.05, 3.63) is 58.9 Å². The summed E-state index contributed by atoms with van der Waals surface area (Å²) in [4.78, 5) is 0. The second kappa shape index (κ2) is 7.79. The van der Waals surface area contributed by atoms with E-state index in [1.54, 1.807) is 7.05 Å². The smallest absolute Gasteiger partial charge is 0.309 e. The fourth-order valence-electron chi connectivity index (χ4n) is 3.08. The molecule has 148 valence electrons. The Balaban J connectivity index is 2.20. The van der Waals surface area contributed by atoms with Crippen LogP contribution in [-0.2, 0) is 16.8 Å². The number of rotatable bonds is 5. The maximum atomic E-state index is 14.4. The first kappa shape index (κ1) is 20.1. The van der Waals surface area contributed by atoms with Crippen LogP contribution in [-0.4, -0.2) is 32.9 Å². The van der Waals surface area contributed by atoms with Gasteiger partial charge in [-0.2, -0.15) is 18.0 Å². The topological polar surface area (TPSA) is 76.4 Å². The van der Waals surface area contributed by atoms with E-state index >= 15 is 0 Å². The largest absolute Gasteiger partial charge is 0.320 e. The molecule has 0 amide bonds. The summed E-state index contributed by atoms with van der Waals surface area (Å²) in [6.45, 7) is 0.592. The first-order valence-electron chi connectivity index (χ1n) is 8.42. The van der Waals surface area contributed by atoms with E-state index < -0.39 is 33.3 Å². The Hall–Kier alpha value is -2.61. The molecule has 0 aromatic heterocycles. The van der Waals surface area contributed by atoms with Crippen molar-refractivity contribution in [2.75, 3.05) is 24.4 Å². The minimum atomic E-state index is -4.34. The number of anilines is 2. The van der Waals surface area contributed by atoms with Crippen LogP contribution in [0, 0.1) is 28.8 Å². The molecule has 0 atom stereocenters. The van der Waals surface area contributed by atoms with E-state index in [0.717, 1.165) is 4.31 Å². The van der Waals surface area contributed by atoms with Gasteiger partial charge >= 0.3 is 10.2 Å². The fourth-order valence-corrected chi connectivity index (χ4v) is 4.81. The Morgan fingerprint density at radius 1 is 1.18 bits per heavy atom. The lowest BCUT2D eigenvalue weighted by Gasteiger charge is -2.37. The monoisotopic (exact) mass is 410 g/mol.